The van der Waals surface area contributed by atoms with Crippen LogP contribution < -0.4 is 4.90 Å². The van der Waals surface area contributed by atoms with E-state index in [-0.39, 0.29) is 0 Å². The number of rotatable bonds is 4. The van der Waals surface area contributed by atoms with Crippen molar-refractivity contribution in [2.24, 2.45) is 0 Å². The first-order chi connectivity index (χ1) is 8.19. The average molecular weight is 268 g/mol. The molecule has 0 unspecified atom stereocenters. The first-order valence-electron chi connectivity index (χ1n) is 5.32. The zero-order valence-electron chi connectivity index (χ0n) is 9.85. The average Bonchev–Trinajstić information content (AvgIpc) is 2.75. The van der Waals surface area contributed by atoms with Crippen LogP contribution in [0, 0.1) is 6.92 Å². The van der Waals surface area contributed by atoms with Crippen LogP contribution in [0.4, 0.5) is 5.69 Å². The highest BCUT2D eigenvalue weighted by atomic mass is 35.5. The van der Waals surface area contributed by atoms with E-state index in [4.69, 9.17) is 11.6 Å². The number of thiazole rings is 1. The Kier molecular flexibility index (Phi) is 3.97. The molecule has 17 heavy (non-hydrogen) atoms. The van der Waals surface area contributed by atoms with Crippen LogP contribution in [0.25, 0.3) is 0 Å². The second-order valence-corrected chi connectivity index (χ2v) is 5.18. The maximum Gasteiger partial charge on any atom is 0.0898 e. The van der Waals surface area contributed by atoms with Gasteiger partial charge in [0.2, 0.25) is 0 Å². The van der Waals surface area contributed by atoms with Crippen molar-refractivity contribution >= 4 is 28.6 Å². The molecule has 2 aromatic rings. The molecule has 0 saturated heterocycles. The molecule has 0 radical (unpaired) electrons. The van der Waals surface area contributed by atoms with Gasteiger partial charge in [0.05, 0.1) is 28.8 Å². The predicted molar refractivity (Wildman–Crippen MR) is 72.8 cm³/mol. The standard InChI is InChI=1S/C12H14ClN3S/c1-9-15-11(8-17-9)7-16(2)12-3-4-14-10(5-12)6-13/h3-5,8H,6-7H2,1-2H3. The van der Waals surface area contributed by atoms with Crippen LogP contribution in [0.2, 0.25) is 0 Å². The van der Waals surface area contributed by atoms with Crippen molar-refractivity contribution in [1.82, 2.24) is 9.97 Å². The van der Waals surface area contributed by atoms with Gasteiger partial charge in [-0.15, -0.1) is 22.9 Å². The lowest BCUT2D eigenvalue weighted by Gasteiger charge is -2.18. The number of nitrogens with zero attached hydrogens (tertiary/aromatic N) is 3. The Morgan fingerprint density at radius 1 is 1.41 bits per heavy atom. The molecule has 0 aliphatic carbocycles. The SMILES string of the molecule is Cc1nc(CN(C)c2ccnc(CCl)c2)cs1. The summed E-state index contributed by atoms with van der Waals surface area (Å²) in [6.07, 6.45) is 1.79. The molecule has 3 nitrogen and oxygen atoms in total. The second-order valence-electron chi connectivity index (χ2n) is 3.85. The minimum atomic E-state index is 0.442. The molecule has 90 valence electrons. The van der Waals surface area contributed by atoms with Crippen LogP contribution in [0.3, 0.4) is 0 Å². The van der Waals surface area contributed by atoms with Gasteiger partial charge in [0, 0.05) is 24.3 Å². The van der Waals surface area contributed by atoms with Crippen LogP contribution in [0.1, 0.15) is 16.4 Å². The van der Waals surface area contributed by atoms with Crippen molar-refractivity contribution < 1.29 is 0 Å². The Hall–Kier alpha value is -1.13. The fraction of sp³-hybridized carbons (Fsp3) is 0.333. The summed E-state index contributed by atoms with van der Waals surface area (Å²) < 4.78 is 0. The normalized spacial score (nSPS) is 10.5. The summed E-state index contributed by atoms with van der Waals surface area (Å²) in [6.45, 7) is 2.82. The molecule has 0 aromatic carbocycles. The Labute approximate surface area is 110 Å². The second kappa shape index (κ2) is 5.47. The summed E-state index contributed by atoms with van der Waals surface area (Å²) in [6, 6.07) is 3.99. The zero-order valence-corrected chi connectivity index (χ0v) is 11.4. The molecule has 0 aliphatic heterocycles. The predicted octanol–water partition coefficient (Wildman–Crippen LogP) is 3.22. The number of pyridine rings is 1. The number of aromatic nitrogens is 2. The minimum Gasteiger partial charge on any atom is -0.369 e. The third-order valence-corrected chi connectivity index (χ3v) is 3.54. The fourth-order valence-corrected chi connectivity index (χ4v) is 2.34. The minimum absolute atomic E-state index is 0.442. The third kappa shape index (κ3) is 3.17. The highest BCUT2D eigenvalue weighted by Crippen LogP contribution is 2.17. The van der Waals surface area contributed by atoms with Crippen LogP contribution in [0.5, 0.6) is 0 Å². The van der Waals surface area contributed by atoms with Crippen molar-refractivity contribution in [1.29, 1.82) is 0 Å². The molecule has 2 heterocycles. The fourth-order valence-electron chi connectivity index (χ4n) is 1.59. The molecular weight excluding hydrogens is 254 g/mol. The molecule has 0 aliphatic rings. The quantitative estimate of drug-likeness (QED) is 0.797. The summed E-state index contributed by atoms with van der Waals surface area (Å²) in [5.74, 6) is 0.442. The van der Waals surface area contributed by atoms with E-state index in [1.54, 1.807) is 17.5 Å². The number of anilines is 1. The van der Waals surface area contributed by atoms with Gasteiger partial charge in [0.15, 0.2) is 0 Å². The van der Waals surface area contributed by atoms with Gasteiger partial charge in [-0.05, 0) is 19.1 Å². The van der Waals surface area contributed by atoms with Gasteiger partial charge in [-0.1, -0.05) is 0 Å². The first-order valence-corrected chi connectivity index (χ1v) is 6.73. The van der Waals surface area contributed by atoms with E-state index in [0.29, 0.717) is 5.88 Å². The van der Waals surface area contributed by atoms with Gasteiger partial charge in [-0.3, -0.25) is 4.98 Å². The van der Waals surface area contributed by atoms with Crippen LogP contribution >= 0.6 is 22.9 Å². The van der Waals surface area contributed by atoms with E-state index >= 15 is 0 Å². The third-order valence-electron chi connectivity index (χ3n) is 2.44. The zero-order chi connectivity index (χ0) is 12.3. The lowest BCUT2D eigenvalue weighted by molar-refractivity contribution is 0.886. The summed E-state index contributed by atoms with van der Waals surface area (Å²) in [5.41, 5.74) is 3.10. The lowest BCUT2D eigenvalue weighted by Crippen LogP contribution is -2.16. The molecule has 0 spiro atoms. The molecule has 0 fully saturated rings. The number of hydrogen-bond acceptors (Lipinski definition) is 4. The molecule has 0 amide bonds. The lowest BCUT2D eigenvalue weighted by atomic mass is 10.3. The molecule has 0 saturated carbocycles. The maximum absolute atomic E-state index is 5.78. The van der Waals surface area contributed by atoms with E-state index in [2.05, 4.69) is 20.2 Å². The van der Waals surface area contributed by atoms with Crippen molar-refractivity contribution in [3.05, 3.63) is 40.1 Å². The number of aryl methyl sites for hydroxylation is 1. The molecule has 0 atom stereocenters. The largest absolute Gasteiger partial charge is 0.369 e. The Morgan fingerprint density at radius 2 is 2.24 bits per heavy atom. The van der Waals surface area contributed by atoms with Crippen molar-refractivity contribution in [3.63, 3.8) is 0 Å². The van der Waals surface area contributed by atoms with E-state index in [0.717, 1.165) is 28.6 Å². The van der Waals surface area contributed by atoms with Gasteiger partial charge in [0.25, 0.3) is 0 Å². The summed E-state index contributed by atoms with van der Waals surface area (Å²) in [5, 5.41) is 3.19. The number of hydrogen-bond donors (Lipinski definition) is 0. The highest BCUT2D eigenvalue weighted by molar-refractivity contribution is 7.09. The van der Waals surface area contributed by atoms with Gasteiger partial charge >= 0.3 is 0 Å². The van der Waals surface area contributed by atoms with Gasteiger partial charge in [-0.2, -0.15) is 0 Å². The monoisotopic (exact) mass is 267 g/mol. The topological polar surface area (TPSA) is 29.0 Å². The number of halogens is 1. The van der Waals surface area contributed by atoms with E-state index in [9.17, 15) is 0 Å². The van der Waals surface area contributed by atoms with Crippen LogP contribution in [0.15, 0.2) is 23.7 Å². The molecule has 0 N–H and O–H groups in total. The molecule has 5 heteroatoms. The smallest absolute Gasteiger partial charge is 0.0898 e. The van der Waals surface area contributed by atoms with Gasteiger partial charge in [0.1, 0.15) is 0 Å². The van der Waals surface area contributed by atoms with Crippen LogP contribution in [-0.2, 0) is 12.4 Å². The summed E-state index contributed by atoms with van der Waals surface area (Å²) in [4.78, 5) is 10.8. The van der Waals surface area contributed by atoms with E-state index in [1.807, 2.05) is 26.1 Å². The highest BCUT2D eigenvalue weighted by Gasteiger charge is 2.05. The van der Waals surface area contributed by atoms with Crippen molar-refractivity contribution in [3.8, 4) is 0 Å². The Bertz CT molecular complexity index is 498. The first kappa shape index (κ1) is 12.3. The molecule has 0 bridgehead atoms. The van der Waals surface area contributed by atoms with Crippen LogP contribution in [-0.4, -0.2) is 17.0 Å². The Balaban J connectivity index is 2.11. The van der Waals surface area contributed by atoms with Crippen molar-refractivity contribution in [2.75, 3.05) is 11.9 Å². The molecule has 2 aromatic heterocycles. The van der Waals surface area contributed by atoms with Gasteiger partial charge < -0.3 is 4.90 Å². The maximum atomic E-state index is 5.78. The number of alkyl halides is 1. The van der Waals surface area contributed by atoms with E-state index < -0.39 is 0 Å². The Morgan fingerprint density at radius 3 is 2.88 bits per heavy atom. The summed E-state index contributed by atoms with van der Waals surface area (Å²) >= 11 is 7.45. The molecule has 2 rings (SSSR count). The van der Waals surface area contributed by atoms with Crippen molar-refractivity contribution in [2.45, 2.75) is 19.3 Å². The van der Waals surface area contributed by atoms with Gasteiger partial charge in [-0.25, -0.2) is 4.98 Å². The summed E-state index contributed by atoms with van der Waals surface area (Å²) in [7, 11) is 2.04. The molecular formula is C12H14ClN3S. The van der Waals surface area contributed by atoms with E-state index in [1.165, 1.54) is 0 Å².